The number of hydrogen-bond acceptors (Lipinski definition) is 1. The summed E-state index contributed by atoms with van der Waals surface area (Å²) in [5, 5.41) is 0. The standard InChI is InChI=1S/C6H5.C3H9N.BrH.Sn/c1-2-4-6-5-3-1;1-4(2)3;;/h1-5H;1-3H3;1H;/q;;;+1/p-1. The van der Waals surface area contributed by atoms with Gasteiger partial charge in [0.15, 0.2) is 0 Å². The Kier molecular flexibility index (Phi) is 8.38. The van der Waals surface area contributed by atoms with Crippen molar-refractivity contribution >= 4 is 35.2 Å². The van der Waals surface area contributed by atoms with Crippen LogP contribution >= 0.6 is 12.7 Å². The number of hydrogen-bond donors (Lipinski definition) is 0. The Morgan fingerprint density at radius 2 is 1.50 bits per heavy atom. The van der Waals surface area contributed by atoms with Gasteiger partial charge >= 0.3 is 65.5 Å². The molecule has 0 spiro atoms. The van der Waals surface area contributed by atoms with Crippen molar-refractivity contribution in [3.05, 3.63) is 30.3 Å². The summed E-state index contributed by atoms with van der Waals surface area (Å²) in [4.78, 5) is 2.00. The summed E-state index contributed by atoms with van der Waals surface area (Å²) in [5.74, 6) is 0. The third-order valence-corrected chi connectivity index (χ3v) is 5.53. The quantitative estimate of drug-likeness (QED) is 0.704. The van der Waals surface area contributed by atoms with Crippen LogP contribution in [0, 0.1) is 0 Å². The molecule has 0 unspecified atom stereocenters. The zero-order valence-electron chi connectivity index (χ0n) is 7.71. The van der Waals surface area contributed by atoms with E-state index in [0.29, 0.717) is 0 Å². The molecule has 0 saturated heterocycles. The average Bonchev–Trinajstić information content (AvgIpc) is 2.05. The average molecular weight is 335 g/mol. The molecular formula is C9H14BrNSn. The zero-order valence-corrected chi connectivity index (χ0v) is 12.2. The molecule has 0 aliphatic rings. The first kappa shape index (κ1) is 12.5. The Bertz CT molecular complexity index is 186. The van der Waals surface area contributed by atoms with Crippen LogP contribution in [0.5, 0.6) is 0 Å². The van der Waals surface area contributed by atoms with Crippen molar-refractivity contribution in [1.82, 2.24) is 4.90 Å². The normalized spacial score (nSPS) is 9.08. The summed E-state index contributed by atoms with van der Waals surface area (Å²) < 4.78 is 1.50. The van der Waals surface area contributed by atoms with Gasteiger partial charge in [-0.05, 0) is 21.1 Å². The molecule has 0 amide bonds. The fourth-order valence-electron chi connectivity index (χ4n) is 0.501. The van der Waals surface area contributed by atoms with Crippen LogP contribution in [0.15, 0.2) is 30.3 Å². The van der Waals surface area contributed by atoms with E-state index in [1.54, 1.807) is 0 Å². The third-order valence-electron chi connectivity index (χ3n) is 0.883. The van der Waals surface area contributed by atoms with Crippen LogP contribution < -0.4 is 3.58 Å². The Labute approximate surface area is 91.1 Å². The molecule has 0 N–H and O–H groups in total. The van der Waals surface area contributed by atoms with Crippen LogP contribution in [-0.4, -0.2) is 45.0 Å². The first-order valence-corrected chi connectivity index (χ1v) is 11.5. The van der Waals surface area contributed by atoms with Crippen LogP contribution in [0.25, 0.3) is 0 Å². The van der Waals surface area contributed by atoms with E-state index in [4.69, 9.17) is 0 Å². The summed E-state index contributed by atoms with van der Waals surface area (Å²) in [6.45, 7) is 0. The van der Waals surface area contributed by atoms with Crippen molar-refractivity contribution in [2.75, 3.05) is 21.1 Å². The first-order chi connectivity index (χ1) is 5.66. The van der Waals surface area contributed by atoms with Gasteiger partial charge in [0.2, 0.25) is 0 Å². The van der Waals surface area contributed by atoms with E-state index >= 15 is 0 Å². The number of rotatable bonds is 1. The minimum absolute atomic E-state index is 0.331. The van der Waals surface area contributed by atoms with E-state index < -0.39 is 0 Å². The molecule has 12 heavy (non-hydrogen) atoms. The predicted octanol–water partition coefficient (Wildman–Crippen LogP) is 1.50. The molecule has 2 radical (unpaired) electrons. The van der Waals surface area contributed by atoms with Gasteiger partial charge in [-0.15, -0.1) is 0 Å². The molecule has 1 aromatic carbocycles. The van der Waals surface area contributed by atoms with Crippen molar-refractivity contribution in [2.24, 2.45) is 0 Å². The number of benzene rings is 1. The fraction of sp³-hybridized carbons (Fsp3) is 0.333. The van der Waals surface area contributed by atoms with Gasteiger partial charge in [-0.3, -0.25) is 0 Å². The molecule has 0 heterocycles. The van der Waals surface area contributed by atoms with Gasteiger partial charge in [-0.1, -0.05) is 0 Å². The molecule has 1 aromatic rings. The van der Waals surface area contributed by atoms with Gasteiger partial charge in [-0.25, -0.2) is 0 Å². The van der Waals surface area contributed by atoms with E-state index in [1.165, 1.54) is 3.58 Å². The number of halogens is 1. The summed E-state index contributed by atoms with van der Waals surface area (Å²) in [7, 11) is 6.00. The summed E-state index contributed by atoms with van der Waals surface area (Å²) in [6.07, 6.45) is 0. The fourth-order valence-corrected chi connectivity index (χ4v) is 3.18. The summed E-state index contributed by atoms with van der Waals surface area (Å²) in [6, 6.07) is 10.5. The number of nitrogens with zero attached hydrogens (tertiary/aromatic N) is 1. The molecule has 0 bridgehead atoms. The summed E-state index contributed by atoms with van der Waals surface area (Å²) in [5.41, 5.74) is 0. The topological polar surface area (TPSA) is 3.24 Å². The monoisotopic (exact) mass is 335 g/mol. The Hall–Kier alpha value is 0.459. The Morgan fingerprint density at radius 3 is 1.75 bits per heavy atom. The Morgan fingerprint density at radius 1 is 1.08 bits per heavy atom. The van der Waals surface area contributed by atoms with E-state index in [0.717, 1.165) is 0 Å². The van der Waals surface area contributed by atoms with Gasteiger partial charge < -0.3 is 4.90 Å². The molecule has 3 heteroatoms. The second-order valence-corrected chi connectivity index (χ2v) is 7.65. The molecular weight excluding hydrogens is 321 g/mol. The molecule has 0 saturated carbocycles. The van der Waals surface area contributed by atoms with Crippen LogP contribution in [0.2, 0.25) is 0 Å². The second kappa shape index (κ2) is 8.08. The molecule has 0 fully saturated rings. The maximum absolute atomic E-state index is 3.53. The van der Waals surface area contributed by atoms with E-state index in [2.05, 4.69) is 37.0 Å². The van der Waals surface area contributed by atoms with E-state index in [-0.39, 0.29) is 18.9 Å². The molecule has 1 rings (SSSR count). The van der Waals surface area contributed by atoms with Gasteiger partial charge in [0.05, 0.1) is 0 Å². The van der Waals surface area contributed by atoms with Gasteiger partial charge in [-0.2, -0.15) is 0 Å². The van der Waals surface area contributed by atoms with Crippen LogP contribution in [0.1, 0.15) is 0 Å². The van der Waals surface area contributed by atoms with Crippen molar-refractivity contribution in [3.8, 4) is 0 Å². The first-order valence-electron chi connectivity index (χ1n) is 3.69. The van der Waals surface area contributed by atoms with Crippen molar-refractivity contribution in [1.29, 1.82) is 0 Å². The molecule has 0 aromatic heterocycles. The van der Waals surface area contributed by atoms with Gasteiger partial charge in [0.25, 0.3) is 0 Å². The van der Waals surface area contributed by atoms with Crippen molar-refractivity contribution < 1.29 is 0 Å². The SMILES string of the molecule is CN(C)C.[Br][Sn][c]1ccccc1. The minimum atomic E-state index is -0.331. The molecule has 0 atom stereocenters. The zero-order chi connectivity index (χ0) is 9.40. The van der Waals surface area contributed by atoms with Crippen molar-refractivity contribution in [2.45, 2.75) is 0 Å². The molecule has 66 valence electrons. The Balaban J connectivity index is 0.000000261. The van der Waals surface area contributed by atoms with Gasteiger partial charge in [0, 0.05) is 0 Å². The van der Waals surface area contributed by atoms with Gasteiger partial charge in [0.1, 0.15) is 0 Å². The van der Waals surface area contributed by atoms with E-state index in [1.807, 2.05) is 32.1 Å². The van der Waals surface area contributed by atoms with Crippen LogP contribution in [0.3, 0.4) is 0 Å². The summed E-state index contributed by atoms with van der Waals surface area (Å²) >= 11 is 3.20. The van der Waals surface area contributed by atoms with Crippen LogP contribution in [-0.2, 0) is 0 Å². The molecule has 0 aliphatic heterocycles. The van der Waals surface area contributed by atoms with Crippen LogP contribution in [0.4, 0.5) is 0 Å². The second-order valence-electron chi connectivity index (χ2n) is 2.80. The predicted molar refractivity (Wildman–Crippen MR) is 60.4 cm³/mol. The van der Waals surface area contributed by atoms with Crippen molar-refractivity contribution in [3.63, 3.8) is 0 Å². The third kappa shape index (κ3) is 8.55. The molecule has 0 aliphatic carbocycles. The maximum atomic E-state index is 3.53. The van der Waals surface area contributed by atoms with E-state index in [9.17, 15) is 0 Å². The molecule has 1 nitrogen and oxygen atoms in total.